The summed E-state index contributed by atoms with van der Waals surface area (Å²) in [6.07, 6.45) is 0.0146. The highest BCUT2D eigenvalue weighted by Crippen LogP contribution is 2.32. The number of anilines is 2. The Morgan fingerprint density at radius 2 is 1.97 bits per heavy atom. The van der Waals surface area contributed by atoms with Crippen LogP contribution in [-0.2, 0) is 0 Å². The monoisotopic (exact) mass is 451 g/mol. The standard InChI is InChI=1S/C20H16Cl2FN3O4/c1-9(2)7-15(27)17-19(28)16-14(26(29)30)6-4-11(22)18(16)25-20(17)24-13-5-3-10(21)8-12(13)23/h3-6,8-9H,7H2,1-2H3,(H2,24,25,28). The lowest BCUT2D eigenvalue weighted by atomic mass is 9.99. The van der Waals surface area contributed by atoms with Gasteiger partial charge in [-0.2, -0.15) is 0 Å². The number of carbonyl (C=O) groups is 1. The summed E-state index contributed by atoms with van der Waals surface area (Å²) < 4.78 is 14.3. The van der Waals surface area contributed by atoms with Gasteiger partial charge in [0.25, 0.3) is 5.69 Å². The number of pyridine rings is 1. The van der Waals surface area contributed by atoms with Crippen LogP contribution in [0.3, 0.4) is 0 Å². The van der Waals surface area contributed by atoms with Gasteiger partial charge in [-0.3, -0.25) is 19.7 Å². The summed E-state index contributed by atoms with van der Waals surface area (Å²) >= 11 is 11.9. The van der Waals surface area contributed by atoms with Crippen LogP contribution in [0.25, 0.3) is 10.9 Å². The molecule has 0 bridgehead atoms. The number of halogens is 3. The third kappa shape index (κ3) is 4.15. The van der Waals surface area contributed by atoms with Crippen molar-refractivity contribution < 1.29 is 14.1 Å². The number of Topliss-reactive ketones (excluding diaryl/α,β-unsaturated/α-hetero) is 1. The molecule has 0 aliphatic heterocycles. The van der Waals surface area contributed by atoms with Crippen LogP contribution in [0, 0.1) is 21.8 Å². The zero-order valence-electron chi connectivity index (χ0n) is 15.9. The highest BCUT2D eigenvalue weighted by atomic mass is 35.5. The number of aromatic amines is 1. The van der Waals surface area contributed by atoms with Crippen LogP contribution in [0.1, 0.15) is 30.6 Å². The van der Waals surface area contributed by atoms with E-state index in [1.807, 2.05) is 0 Å². The molecule has 3 aromatic rings. The normalized spacial score (nSPS) is 11.1. The third-order valence-electron chi connectivity index (χ3n) is 4.35. The minimum Gasteiger partial charge on any atom is -0.339 e. The smallest absolute Gasteiger partial charge is 0.282 e. The van der Waals surface area contributed by atoms with Gasteiger partial charge in [0, 0.05) is 17.5 Å². The molecule has 0 unspecified atom stereocenters. The molecular formula is C20H16Cl2FN3O4. The van der Waals surface area contributed by atoms with Gasteiger partial charge < -0.3 is 10.3 Å². The second-order valence-corrected chi connectivity index (χ2v) is 7.89. The average Bonchev–Trinajstić information content (AvgIpc) is 2.64. The van der Waals surface area contributed by atoms with E-state index < -0.39 is 27.6 Å². The maximum atomic E-state index is 14.3. The van der Waals surface area contributed by atoms with Gasteiger partial charge in [-0.15, -0.1) is 0 Å². The first-order valence-corrected chi connectivity index (χ1v) is 9.64. The number of rotatable bonds is 6. The van der Waals surface area contributed by atoms with Crippen LogP contribution >= 0.6 is 23.2 Å². The molecule has 30 heavy (non-hydrogen) atoms. The lowest BCUT2D eigenvalue weighted by Crippen LogP contribution is -2.21. The number of hydrogen-bond donors (Lipinski definition) is 2. The Kier molecular flexibility index (Phi) is 6.09. The zero-order chi connectivity index (χ0) is 22.2. The minimum atomic E-state index is -0.861. The molecule has 0 saturated heterocycles. The van der Waals surface area contributed by atoms with Gasteiger partial charge in [-0.1, -0.05) is 37.0 Å². The van der Waals surface area contributed by atoms with Gasteiger partial charge in [0.15, 0.2) is 5.78 Å². The Labute approximate surface area is 180 Å². The molecule has 10 heteroatoms. The fourth-order valence-corrected chi connectivity index (χ4v) is 3.42. The molecule has 156 valence electrons. The van der Waals surface area contributed by atoms with Crippen molar-refractivity contribution in [2.24, 2.45) is 5.92 Å². The van der Waals surface area contributed by atoms with E-state index in [1.54, 1.807) is 13.8 Å². The average molecular weight is 452 g/mol. The van der Waals surface area contributed by atoms with Crippen LogP contribution in [0.5, 0.6) is 0 Å². The number of benzene rings is 2. The molecule has 2 N–H and O–H groups in total. The summed E-state index contributed by atoms with van der Waals surface area (Å²) in [4.78, 5) is 39.6. The van der Waals surface area contributed by atoms with Crippen LogP contribution in [0.15, 0.2) is 35.1 Å². The lowest BCUT2D eigenvalue weighted by molar-refractivity contribution is -0.383. The number of carbonyl (C=O) groups excluding carboxylic acids is 1. The first-order valence-electron chi connectivity index (χ1n) is 8.88. The van der Waals surface area contributed by atoms with Crippen molar-refractivity contribution in [3.8, 4) is 0 Å². The molecule has 1 heterocycles. The van der Waals surface area contributed by atoms with E-state index in [4.69, 9.17) is 23.2 Å². The molecule has 0 fully saturated rings. The van der Waals surface area contributed by atoms with E-state index in [2.05, 4.69) is 10.3 Å². The summed E-state index contributed by atoms with van der Waals surface area (Å²) in [5, 5.41) is 14.0. The van der Waals surface area contributed by atoms with Crippen LogP contribution in [0.4, 0.5) is 21.6 Å². The van der Waals surface area contributed by atoms with E-state index in [9.17, 15) is 24.1 Å². The molecule has 0 radical (unpaired) electrons. The number of H-pyrrole nitrogens is 1. The quantitative estimate of drug-likeness (QED) is 0.277. The summed E-state index contributed by atoms with van der Waals surface area (Å²) in [6.45, 7) is 3.58. The van der Waals surface area contributed by atoms with Crippen molar-refractivity contribution in [2.45, 2.75) is 20.3 Å². The molecule has 0 spiro atoms. The van der Waals surface area contributed by atoms with E-state index in [1.165, 1.54) is 18.2 Å². The largest absolute Gasteiger partial charge is 0.339 e. The van der Waals surface area contributed by atoms with Crippen molar-refractivity contribution in [2.75, 3.05) is 5.32 Å². The predicted octanol–water partition coefficient (Wildman–Crippen LogP) is 5.85. The van der Waals surface area contributed by atoms with E-state index in [0.717, 1.165) is 12.1 Å². The highest BCUT2D eigenvalue weighted by molar-refractivity contribution is 6.35. The number of nitrogens with one attached hydrogen (secondary N) is 2. The van der Waals surface area contributed by atoms with Gasteiger partial charge in [0.2, 0.25) is 5.43 Å². The van der Waals surface area contributed by atoms with E-state index >= 15 is 0 Å². The van der Waals surface area contributed by atoms with Gasteiger partial charge >= 0.3 is 0 Å². The zero-order valence-corrected chi connectivity index (χ0v) is 17.4. The lowest BCUT2D eigenvalue weighted by Gasteiger charge is -2.15. The Morgan fingerprint density at radius 1 is 1.27 bits per heavy atom. The molecule has 0 saturated carbocycles. The Bertz CT molecular complexity index is 1240. The summed E-state index contributed by atoms with van der Waals surface area (Å²) in [7, 11) is 0. The minimum absolute atomic E-state index is 0.0146. The van der Waals surface area contributed by atoms with Gasteiger partial charge in [-0.25, -0.2) is 4.39 Å². The SMILES string of the molecule is CC(C)CC(=O)c1c(Nc2ccc(Cl)cc2F)[nH]c2c(Cl)ccc([N+](=O)[O-])c2c1=O. The molecule has 0 amide bonds. The number of aromatic nitrogens is 1. The number of ketones is 1. The third-order valence-corrected chi connectivity index (χ3v) is 4.90. The molecule has 0 atom stereocenters. The van der Waals surface area contributed by atoms with Gasteiger partial charge in [-0.05, 0) is 30.2 Å². The summed E-state index contributed by atoms with van der Waals surface area (Å²) in [5.41, 5.74) is -1.77. The molecular weight excluding hydrogens is 436 g/mol. The first-order chi connectivity index (χ1) is 14.1. The number of non-ortho nitro benzene ring substituents is 1. The predicted molar refractivity (Wildman–Crippen MR) is 115 cm³/mol. The van der Waals surface area contributed by atoms with Crippen LogP contribution in [0.2, 0.25) is 10.0 Å². The molecule has 3 rings (SSSR count). The number of nitro groups is 1. The number of fused-ring (bicyclic) bond motifs is 1. The molecule has 7 nitrogen and oxygen atoms in total. The van der Waals surface area contributed by atoms with E-state index in [-0.39, 0.29) is 50.4 Å². The summed E-state index contributed by atoms with van der Waals surface area (Å²) in [6, 6.07) is 6.20. The highest BCUT2D eigenvalue weighted by Gasteiger charge is 2.26. The second-order valence-electron chi connectivity index (χ2n) is 7.05. The second kappa shape index (κ2) is 8.41. The molecule has 1 aromatic heterocycles. The topological polar surface area (TPSA) is 105 Å². The molecule has 2 aromatic carbocycles. The Hall–Kier alpha value is -2.97. The number of nitro benzene ring substituents is 1. The Morgan fingerprint density at radius 3 is 2.57 bits per heavy atom. The Balaban J connectivity index is 2.34. The summed E-state index contributed by atoms with van der Waals surface area (Å²) in [5.74, 6) is -1.45. The maximum absolute atomic E-state index is 14.3. The van der Waals surface area contributed by atoms with Gasteiger partial charge in [0.1, 0.15) is 22.6 Å². The van der Waals surface area contributed by atoms with Gasteiger partial charge in [0.05, 0.1) is 21.2 Å². The van der Waals surface area contributed by atoms with Crippen molar-refractivity contribution in [3.63, 3.8) is 0 Å². The number of nitrogens with zero attached hydrogens (tertiary/aromatic N) is 1. The van der Waals surface area contributed by atoms with E-state index in [0.29, 0.717) is 0 Å². The maximum Gasteiger partial charge on any atom is 0.282 e. The van der Waals surface area contributed by atoms with Crippen LogP contribution < -0.4 is 10.7 Å². The first kappa shape index (κ1) is 21.7. The van der Waals surface area contributed by atoms with Crippen molar-refractivity contribution in [1.82, 2.24) is 4.98 Å². The molecule has 0 aliphatic rings. The molecule has 0 aliphatic carbocycles. The fraction of sp³-hybridized carbons (Fsp3) is 0.200. The number of hydrogen-bond acceptors (Lipinski definition) is 5. The van der Waals surface area contributed by atoms with Crippen LogP contribution in [-0.4, -0.2) is 15.7 Å². The van der Waals surface area contributed by atoms with Crippen molar-refractivity contribution in [3.05, 3.63) is 72.1 Å². The van der Waals surface area contributed by atoms with Crippen molar-refractivity contribution in [1.29, 1.82) is 0 Å². The van der Waals surface area contributed by atoms with Crippen molar-refractivity contribution >= 4 is 57.1 Å². The fourth-order valence-electron chi connectivity index (χ4n) is 3.05.